The average Bonchev–Trinajstić information content (AvgIpc) is 2.53. The number of aliphatic hydroxyl groups excluding tert-OH is 1. The molecular formula is C20H30O3. The molecule has 0 aliphatic carbocycles. The molecule has 23 heavy (non-hydrogen) atoms. The van der Waals surface area contributed by atoms with E-state index in [2.05, 4.69) is 6.08 Å². The standard InChI is InChI=1S/C20H30O3/c1-2-19(21)17-15-13-11-9-7-5-3-4-6-8-10-12-14-16-18-20(22)23/h3-6,8,10,12,14,16,18-19,21H,2,7,9,11,13,15,17H2,1H3,(H,22,23)/b5-3+,6-4+,10-8+,14-12+,18-16+. The van der Waals surface area contributed by atoms with Gasteiger partial charge in [0.05, 0.1) is 6.10 Å². The highest BCUT2D eigenvalue weighted by Crippen LogP contribution is 2.09. The van der Waals surface area contributed by atoms with E-state index in [0.717, 1.165) is 31.8 Å². The monoisotopic (exact) mass is 318 g/mol. The van der Waals surface area contributed by atoms with Crippen LogP contribution in [0.25, 0.3) is 0 Å². The van der Waals surface area contributed by atoms with Gasteiger partial charge < -0.3 is 10.2 Å². The molecule has 0 aliphatic heterocycles. The van der Waals surface area contributed by atoms with Crippen molar-refractivity contribution in [3.8, 4) is 0 Å². The van der Waals surface area contributed by atoms with Gasteiger partial charge in [0.2, 0.25) is 0 Å². The summed E-state index contributed by atoms with van der Waals surface area (Å²) in [7, 11) is 0. The van der Waals surface area contributed by atoms with Gasteiger partial charge in [-0.3, -0.25) is 0 Å². The Morgan fingerprint density at radius 1 is 0.870 bits per heavy atom. The van der Waals surface area contributed by atoms with Crippen LogP contribution in [-0.2, 0) is 4.79 Å². The van der Waals surface area contributed by atoms with Crippen LogP contribution in [0.4, 0.5) is 0 Å². The molecule has 0 aliphatic rings. The van der Waals surface area contributed by atoms with Crippen LogP contribution in [0.15, 0.2) is 60.8 Å². The van der Waals surface area contributed by atoms with E-state index >= 15 is 0 Å². The fraction of sp³-hybridized carbons (Fsp3) is 0.450. The second kappa shape index (κ2) is 16.5. The third-order valence-corrected chi connectivity index (χ3v) is 3.28. The van der Waals surface area contributed by atoms with Crippen molar-refractivity contribution in [3.63, 3.8) is 0 Å². The Morgan fingerprint density at radius 3 is 2.04 bits per heavy atom. The summed E-state index contributed by atoms with van der Waals surface area (Å²) >= 11 is 0. The molecule has 0 aromatic rings. The van der Waals surface area contributed by atoms with Gasteiger partial charge in [-0.2, -0.15) is 0 Å². The fourth-order valence-electron chi connectivity index (χ4n) is 1.90. The molecule has 1 atom stereocenters. The van der Waals surface area contributed by atoms with Gasteiger partial charge in [0.25, 0.3) is 0 Å². The van der Waals surface area contributed by atoms with Gasteiger partial charge in [0, 0.05) is 6.08 Å². The van der Waals surface area contributed by atoms with Gasteiger partial charge in [0.1, 0.15) is 0 Å². The number of rotatable bonds is 13. The van der Waals surface area contributed by atoms with E-state index in [1.165, 1.54) is 25.3 Å². The largest absolute Gasteiger partial charge is 0.478 e. The van der Waals surface area contributed by atoms with Gasteiger partial charge in [-0.05, 0) is 25.7 Å². The molecular weight excluding hydrogens is 288 g/mol. The number of unbranched alkanes of at least 4 members (excludes halogenated alkanes) is 4. The van der Waals surface area contributed by atoms with E-state index in [1.807, 2.05) is 37.3 Å². The highest BCUT2D eigenvalue weighted by Gasteiger charge is 1.98. The van der Waals surface area contributed by atoms with Gasteiger partial charge >= 0.3 is 5.97 Å². The maximum Gasteiger partial charge on any atom is 0.328 e. The normalized spacial score (nSPS) is 14.2. The second-order valence-corrected chi connectivity index (χ2v) is 5.33. The fourth-order valence-corrected chi connectivity index (χ4v) is 1.90. The number of hydrogen-bond acceptors (Lipinski definition) is 2. The quantitative estimate of drug-likeness (QED) is 0.286. The summed E-state index contributed by atoms with van der Waals surface area (Å²) in [5.74, 6) is -0.942. The summed E-state index contributed by atoms with van der Waals surface area (Å²) in [6.07, 6.45) is 25.4. The minimum absolute atomic E-state index is 0.115. The molecule has 0 saturated carbocycles. The Balaban J connectivity index is 3.54. The number of carboxylic acids is 1. The van der Waals surface area contributed by atoms with Crippen molar-refractivity contribution in [1.82, 2.24) is 0 Å². The minimum atomic E-state index is -0.942. The number of aliphatic carboxylic acids is 1. The van der Waals surface area contributed by atoms with Crippen LogP contribution >= 0.6 is 0 Å². The van der Waals surface area contributed by atoms with E-state index in [0.29, 0.717) is 0 Å². The van der Waals surface area contributed by atoms with Gasteiger partial charge in [-0.15, -0.1) is 0 Å². The first kappa shape index (κ1) is 21.1. The summed E-state index contributed by atoms with van der Waals surface area (Å²) in [5.41, 5.74) is 0. The molecule has 0 heterocycles. The molecule has 1 unspecified atom stereocenters. The summed E-state index contributed by atoms with van der Waals surface area (Å²) in [6.45, 7) is 2.02. The molecule has 0 bridgehead atoms. The summed E-state index contributed by atoms with van der Waals surface area (Å²) < 4.78 is 0. The smallest absolute Gasteiger partial charge is 0.328 e. The maximum absolute atomic E-state index is 10.2. The van der Waals surface area contributed by atoms with Gasteiger partial charge in [-0.1, -0.05) is 80.9 Å². The molecule has 0 aromatic heterocycles. The maximum atomic E-state index is 10.2. The molecule has 2 N–H and O–H groups in total. The van der Waals surface area contributed by atoms with Crippen molar-refractivity contribution in [2.24, 2.45) is 0 Å². The zero-order valence-corrected chi connectivity index (χ0v) is 14.1. The van der Waals surface area contributed by atoms with Crippen LogP contribution in [0.3, 0.4) is 0 Å². The lowest BCUT2D eigenvalue weighted by atomic mass is 10.1. The molecule has 0 fully saturated rings. The highest BCUT2D eigenvalue weighted by molar-refractivity contribution is 5.80. The molecule has 3 nitrogen and oxygen atoms in total. The van der Waals surface area contributed by atoms with Crippen LogP contribution < -0.4 is 0 Å². The van der Waals surface area contributed by atoms with Crippen molar-refractivity contribution >= 4 is 5.97 Å². The molecule has 128 valence electrons. The van der Waals surface area contributed by atoms with Crippen LogP contribution in [-0.4, -0.2) is 22.3 Å². The first-order chi connectivity index (χ1) is 11.2. The Hall–Kier alpha value is -1.87. The van der Waals surface area contributed by atoms with Crippen molar-refractivity contribution in [2.45, 2.75) is 58.0 Å². The Kier molecular flexibility index (Phi) is 15.2. The molecule has 0 rings (SSSR count). The third kappa shape index (κ3) is 18.1. The Labute approximate surface area is 140 Å². The van der Waals surface area contributed by atoms with Crippen molar-refractivity contribution < 1.29 is 15.0 Å². The van der Waals surface area contributed by atoms with Crippen molar-refractivity contribution in [3.05, 3.63) is 60.8 Å². The Bertz CT molecular complexity index is 428. The van der Waals surface area contributed by atoms with Crippen LogP contribution in [0, 0.1) is 0 Å². The number of allylic oxidation sites excluding steroid dienone is 9. The molecule has 0 amide bonds. The van der Waals surface area contributed by atoms with E-state index in [-0.39, 0.29) is 6.10 Å². The van der Waals surface area contributed by atoms with E-state index in [9.17, 15) is 9.90 Å². The first-order valence-electron chi connectivity index (χ1n) is 8.41. The number of carboxylic acid groups (broad SMARTS) is 1. The predicted octanol–water partition coefficient (Wildman–Crippen LogP) is 4.96. The zero-order valence-electron chi connectivity index (χ0n) is 14.1. The number of hydrogen-bond donors (Lipinski definition) is 2. The number of aliphatic hydroxyl groups is 1. The SMILES string of the molecule is CCC(O)CCCCCC/C=C/C=C/C=C/C=C/C=C/C(=O)O. The summed E-state index contributed by atoms with van der Waals surface area (Å²) in [6, 6.07) is 0. The predicted molar refractivity (Wildman–Crippen MR) is 97.3 cm³/mol. The lowest BCUT2D eigenvalue weighted by molar-refractivity contribution is -0.131. The van der Waals surface area contributed by atoms with Gasteiger partial charge in [-0.25, -0.2) is 4.79 Å². The van der Waals surface area contributed by atoms with Crippen LogP contribution in [0.5, 0.6) is 0 Å². The highest BCUT2D eigenvalue weighted by atomic mass is 16.4. The molecule has 0 saturated heterocycles. The summed E-state index contributed by atoms with van der Waals surface area (Å²) in [5, 5.41) is 17.8. The lowest BCUT2D eigenvalue weighted by Crippen LogP contribution is -2.03. The van der Waals surface area contributed by atoms with Crippen molar-refractivity contribution in [2.75, 3.05) is 0 Å². The molecule has 3 heteroatoms. The molecule has 0 radical (unpaired) electrons. The van der Waals surface area contributed by atoms with Gasteiger partial charge in [0.15, 0.2) is 0 Å². The zero-order chi connectivity index (χ0) is 17.2. The summed E-state index contributed by atoms with van der Waals surface area (Å²) in [4.78, 5) is 10.2. The Morgan fingerprint density at radius 2 is 1.43 bits per heavy atom. The topological polar surface area (TPSA) is 57.5 Å². The van der Waals surface area contributed by atoms with E-state index in [1.54, 1.807) is 12.2 Å². The second-order valence-electron chi connectivity index (χ2n) is 5.33. The van der Waals surface area contributed by atoms with Crippen molar-refractivity contribution in [1.29, 1.82) is 0 Å². The lowest BCUT2D eigenvalue weighted by Gasteiger charge is -2.06. The van der Waals surface area contributed by atoms with E-state index in [4.69, 9.17) is 5.11 Å². The van der Waals surface area contributed by atoms with Crippen LogP contribution in [0.2, 0.25) is 0 Å². The third-order valence-electron chi connectivity index (χ3n) is 3.28. The number of carbonyl (C=O) groups is 1. The van der Waals surface area contributed by atoms with Crippen LogP contribution in [0.1, 0.15) is 51.9 Å². The molecule has 0 aromatic carbocycles. The van der Waals surface area contributed by atoms with E-state index < -0.39 is 5.97 Å². The average molecular weight is 318 g/mol. The molecule has 0 spiro atoms. The first-order valence-corrected chi connectivity index (χ1v) is 8.41. The minimum Gasteiger partial charge on any atom is -0.478 e.